The number of carbonyl (C=O) groups is 2. The van der Waals surface area contributed by atoms with Gasteiger partial charge in [-0.25, -0.2) is 14.8 Å². The van der Waals surface area contributed by atoms with Gasteiger partial charge < -0.3 is 19.7 Å². The first-order valence-corrected chi connectivity index (χ1v) is 15.5. The maximum Gasteiger partial charge on any atom is 0.410 e. The van der Waals surface area contributed by atoms with Crippen molar-refractivity contribution in [2.24, 2.45) is 5.92 Å². The van der Waals surface area contributed by atoms with Crippen LogP contribution < -0.4 is 15.1 Å². The maximum absolute atomic E-state index is 13.8. The van der Waals surface area contributed by atoms with Crippen molar-refractivity contribution < 1.29 is 19.1 Å². The number of rotatable bonds is 7. The number of hydrogen-bond acceptors (Lipinski definition) is 9. The van der Waals surface area contributed by atoms with Crippen LogP contribution in [0, 0.1) is 5.92 Å². The standard InChI is InChI=1S/C33H45N7O4/c1-9-43-22(3)27-21(2)25-19-35-30(37-28(25)40(29(27)41)23-12-10-11-13-23)36-26-15-14-24(18-34-26)38-16-17-39(33(7,8)20-38)31(42)44-32(4,5)6/h14-15,18-19,23,27H,2-3,9-13,16-17,20H2,1,4-8H3,(H,34,35,36,37). The van der Waals surface area contributed by atoms with E-state index in [0.29, 0.717) is 55.2 Å². The lowest BCUT2D eigenvalue weighted by atomic mass is 9.87. The maximum atomic E-state index is 13.8. The number of nitrogens with zero attached hydrogens (tertiary/aromatic N) is 6. The Bertz CT molecular complexity index is 1430. The molecule has 2 aromatic rings. The van der Waals surface area contributed by atoms with Crippen LogP contribution in [0.15, 0.2) is 43.4 Å². The van der Waals surface area contributed by atoms with Gasteiger partial charge in [-0.2, -0.15) is 4.98 Å². The lowest BCUT2D eigenvalue weighted by molar-refractivity contribution is -0.121. The lowest BCUT2D eigenvalue weighted by Gasteiger charge is -2.47. The van der Waals surface area contributed by atoms with Crippen molar-refractivity contribution in [3.05, 3.63) is 49.0 Å². The number of fused-ring (bicyclic) bond motifs is 1. The van der Waals surface area contributed by atoms with E-state index in [-0.39, 0.29) is 18.0 Å². The predicted molar refractivity (Wildman–Crippen MR) is 172 cm³/mol. The number of aromatic nitrogens is 3. The Morgan fingerprint density at radius 3 is 2.48 bits per heavy atom. The SMILES string of the molecule is C=C(OCC)C1C(=C)c2cnc(Nc3ccc(N4CCN(C(=O)OC(C)(C)C)C(C)(C)C4)cn3)nc2N(C2CCCC2)C1=O. The van der Waals surface area contributed by atoms with E-state index >= 15 is 0 Å². The summed E-state index contributed by atoms with van der Waals surface area (Å²) in [6.45, 7) is 22.1. The van der Waals surface area contributed by atoms with Crippen LogP contribution >= 0.6 is 0 Å². The predicted octanol–water partition coefficient (Wildman–Crippen LogP) is 5.92. The molecule has 1 N–H and O–H groups in total. The molecule has 44 heavy (non-hydrogen) atoms. The Balaban J connectivity index is 1.32. The van der Waals surface area contributed by atoms with Gasteiger partial charge in [0.1, 0.15) is 28.9 Å². The number of amides is 2. The van der Waals surface area contributed by atoms with Crippen LogP contribution in [0.4, 0.5) is 28.1 Å². The average molecular weight is 604 g/mol. The van der Waals surface area contributed by atoms with Crippen LogP contribution in [0.1, 0.15) is 72.8 Å². The molecule has 1 aliphatic carbocycles. The van der Waals surface area contributed by atoms with Gasteiger partial charge >= 0.3 is 6.09 Å². The Hall–Kier alpha value is -4.15. The zero-order valence-electron chi connectivity index (χ0n) is 26.9. The van der Waals surface area contributed by atoms with Gasteiger partial charge in [0.25, 0.3) is 0 Å². The third-order valence-electron chi connectivity index (χ3n) is 8.39. The summed E-state index contributed by atoms with van der Waals surface area (Å²) in [5, 5.41) is 3.21. The summed E-state index contributed by atoms with van der Waals surface area (Å²) < 4.78 is 11.3. The largest absolute Gasteiger partial charge is 0.498 e. The molecule has 0 aromatic carbocycles. The lowest BCUT2D eigenvalue weighted by Crippen LogP contribution is -2.61. The fraction of sp³-hybridized carbons (Fsp3) is 0.545. The number of ether oxygens (including phenoxy) is 2. The van der Waals surface area contributed by atoms with Crippen LogP contribution in [0.3, 0.4) is 0 Å². The second kappa shape index (κ2) is 12.1. The number of pyridine rings is 1. The van der Waals surface area contributed by atoms with Crippen LogP contribution in [0.25, 0.3) is 5.57 Å². The molecule has 2 amide bonds. The Labute approximate surface area is 260 Å². The molecule has 2 aliphatic heterocycles. The highest BCUT2D eigenvalue weighted by Gasteiger charge is 2.43. The van der Waals surface area contributed by atoms with Gasteiger partial charge in [0, 0.05) is 37.4 Å². The summed E-state index contributed by atoms with van der Waals surface area (Å²) in [7, 11) is 0. The van der Waals surface area contributed by atoms with Crippen molar-refractivity contribution in [2.45, 2.75) is 84.4 Å². The third-order valence-corrected chi connectivity index (χ3v) is 8.39. The summed E-state index contributed by atoms with van der Waals surface area (Å²) in [6, 6.07) is 3.94. The average Bonchev–Trinajstić information content (AvgIpc) is 3.46. The summed E-state index contributed by atoms with van der Waals surface area (Å²) in [5.74, 6) is 1.13. The van der Waals surface area contributed by atoms with Crippen molar-refractivity contribution >= 4 is 40.8 Å². The molecular weight excluding hydrogens is 558 g/mol. The number of hydrogen-bond donors (Lipinski definition) is 1. The van der Waals surface area contributed by atoms with Gasteiger partial charge in [-0.15, -0.1) is 0 Å². The molecule has 2 fully saturated rings. The van der Waals surface area contributed by atoms with Gasteiger partial charge in [-0.3, -0.25) is 14.6 Å². The molecule has 3 aliphatic rings. The highest BCUT2D eigenvalue weighted by Crippen LogP contribution is 2.43. The number of piperazine rings is 1. The zero-order chi connectivity index (χ0) is 31.8. The number of carbonyl (C=O) groups excluding carboxylic acids is 2. The van der Waals surface area contributed by atoms with Crippen LogP contribution in [-0.2, 0) is 14.3 Å². The van der Waals surface area contributed by atoms with Gasteiger partial charge in [-0.1, -0.05) is 26.0 Å². The highest BCUT2D eigenvalue weighted by atomic mass is 16.6. The van der Waals surface area contributed by atoms with E-state index in [1.54, 1.807) is 17.3 Å². The smallest absolute Gasteiger partial charge is 0.410 e. The molecule has 4 heterocycles. The molecule has 0 radical (unpaired) electrons. The molecule has 0 spiro atoms. The minimum Gasteiger partial charge on any atom is -0.498 e. The quantitative estimate of drug-likeness (QED) is 0.385. The first kappa shape index (κ1) is 31.3. The second-order valence-electron chi connectivity index (χ2n) is 13.3. The molecule has 1 saturated heterocycles. The highest BCUT2D eigenvalue weighted by molar-refractivity contribution is 6.09. The fourth-order valence-electron chi connectivity index (χ4n) is 6.30. The third kappa shape index (κ3) is 6.37. The van der Waals surface area contributed by atoms with Crippen LogP contribution in [0.5, 0.6) is 0 Å². The molecule has 11 heteroatoms. The molecule has 1 saturated carbocycles. The van der Waals surface area contributed by atoms with E-state index in [0.717, 1.165) is 36.9 Å². The van der Waals surface area contributed by atoms with Crippen molar-refractivity contribution in [1.29, 1.82) is 0 Å². The van der Waals surface area contributed by atoms with Crippen molar-refractivity contribution in [3.63, 3.8) is 0 Å². The Morgan fingerprint density at radius 1 is 1.14 bits per heavy atom. The van der Waals surface area contributed by atoms with E-state index in [1.807, 2.05) is 58.6 Å². The minimum absolute atomic E-state index is 0.0615. The summed E-state index contributed by atoms with van der Waals surface area (Å²) >= 11 is 0. The number of nitrogens with one attached hydrogen (secondary N) is 1. The molecule has 0 bridgehead atoms. The summed E-state index contributed by atoms with van der Waals surface area (Å²) in [4.78, 5) is 46.4. The molecule has 2 aromatic heterocycles. The van der Waals surface area contributed by atoms with Gasteiger partial charge in [0.05, 0.1) is 24.0 Å². The van der Waals surface area contributed by atoms with Gasteiger partial charge in [0.2, 0.25) is 11.9 Å². The minimum atomic E-state index is -0.657. The fourth-order valence-corrected chi connectivity index (χ4v) is 6.30. The van der Waals surface area contributed by atoms with E-state index in [9.17, 15) is 9.59 Å². The first-order valence-electron chi connectivity index (χ1n) is 15.5. The van der Waals surface area contributed by atoms with Crippen LogP contribution in [-0.4, -0.2) is 75.3 Å². The Kier molecular flexibility index (Phi) is 8.59. The molecule has 11 nitrogen and oxygen atoms in total. The van der Waals surface area contributed by atoms with Crippen molar-refractivity contribution in [1.82, 2.24) is 19.9 Å². The molecule has 236 valence electrons. The van der Waals surface area contributed by atoms with Crippen molar-refractivity contribution in [2.75, 3.05) is 41.4 Å². The zero-order valence-corrected chi connectivity index (χ0v) is 26.9. The van der Waals surface area contributed by atoms with E-state index in [1.165, 1.54) is 0 Å². The number of anilines is 4. The molecule has 1 unspecified atom stereocenters. The second-order valence-corrected chi connectivity index (χ2v) is 13.3. The van der Waals surface area contributed by atoms with E-state index in [4.69, 9.17) is 14.5 Å². The Morgan fingerprint density at radius 2 is 1.86 bits per heavy atom. The van der Waals surface area contributed by atoms with Crippen LogP contribution in [0.2, 0.25) is 0 Å². The topological polar surface area (TPSA) is 113 Å². The molecule has 1 atom stereocenters. The van der Waals surface area contributed by atoms with Gasteiger partial charge in [0.15, 0.2) is 0 Å². The normalized spacial score (nSPS) is 20.4. The summed E-state index contributed by atoms with van der Waals surface area (Å²) in [6.07, 6.45) is 7.21. The summed E-state index contributed by atoms with van der Waals surface area (Å²) in [5.41, 5.74) is 1.31. The van der Waals surface area contributed by atoms with Gasteiger partial charge in [-0.05, 0) is 72.1 Å². The molecular formula is C33H45N7O4. The molecule has 5 rings (SSSR count). The monoisotopic (exact) mass is 603 g/mol. The first-order chi connectivity index (χ1) is 20.8. The van der Waals surface area contributed by atoms with Crippen molar-refractivity contribution in [3.8, 4) is 0 Å². The van der Waals surface area contributed by atoms with E-state index in [2.05, 4.69) is 33.3 Å². The van der Waals surface area contributed by atoms with E-state index < -0.39 is 17.1 Å².